The van der Waals surface area contributed by atoms with Crippen LogP contribution in [0.25, 0.3) is 0 Å². The fourth-order valence-electron chi connectivity index (χ4n) is 3.46. The summed E-state index contributed by atoms with van der Waals surface area (Å²) in [4.78, 5) is 14.6. The van der Waals surface area contributed by atoms with Crippen molar-refractivity contribution in [3.63, 3.8) is 0 Å². The Kier molecular flexibility index (Phi) is 6.52. The van der Waals surface area contributed by atoms with Crippen LogP contribution in [-0.2, 0) is 17.4 Å². The molecule has 1 aromatic heterocycles. The molecule has 0 spiro atoms. The summed E-state index contributed by atoms with van der Waals surface area (Å²) in [5.41, 5.74) is 1.27. The Bertz CT molecular complexity index is 890. The lowest BCUT2D eigenvalue weighted by Crippen LogP contribution is -2.14. The minimum atomic E-state index is -4.51. The second kappa shape index (κ2) is 8.90. The van der Waals surface area contributed by atoms with Gasteiger partial charge in [-0.15, -0.1) is 0 Å². The van der Waals surface area contributed by atoms with E-state index in [4.69, 9.17) is 21.4 Å². The predicted octanol–water partition coefficient (Wildman–Crippen LogP) is 5.14. The van der Waals surface area contributed by atoms with E-state index >= 15 is 0 Å². The zero-order chi connectivity index (χ0) is 21.0. The molecule has 0 amide bonds. The average Bonchev–Trinajstić information content (AvgIpc) is 3.02. The monoisotopic (exact) mass is 428 g/mol. The number of aryl methyl sites for hydroxylation is 1. The summed E-state index contributed by atoms with van der Waals surface area (Å²) in [5, 5.41) is 11.6. The van der Waals surface area contributed by atoms with Gasteiger partial charge in [0.15, 0.2) is 0 Å². The van der Waals surface area contributed by atoms with Gasteiger partial charge in [0, 0.05) is 6.54 Å². The molecule has 5 nitrogen and oxygen atoms in total. The van der Waals surface area contributed by atoms with Crippen LogP contribution >= 0.6 is 11.6 Å². The molecule has 0 bridgehead atoms. The third-order valence-electron chi connectivity index (χ3n) is 4.79. The van der Waals surface area contributed by atoms with Crippen molar-refractivity contribution in [2.45, 2.75) is 37.8 Å². The molecule has 0 aliphatic heterocycles. The van der Waals surface area contributed by atoms with E-state index < -0.39 is 17.7 Å². The highest BCUT2D eigenvalue weighted by molar-refractivity contribution is 6.29. The van der Waals surface area contributed by atoms with Gasteiger partial charge in [-0.05, 0) is 60.6 Å². The highest BCUT2D eigenvalue weighted by Gasteiger charge is 2.34. The molecular formula is C20H20ClF3N2O3. The van der Waals surface area contributed by atoms with E-state index in [2.05, 4.69) is 10.3 Å². The molecule has 0 radical (unpaired) electrons. The molecular weight excluding hydrogens is 409 g/mol. The normalized spacial score (nSPS) is 15.8. The minimum Gasteiger partial charge on any atom is -0.494 e. The molecule has 2 aromatic rings. The van der Waals surface area contributed by atoms with E-state index in [0.29, 0.717) is 18.8 Å². The number of alkyl halides is 3. The van der Waals surface area contributed by atoms with Gasteiger partial charge in [0.25, 0.3) is 0 Å². The molecule has 0 fully saturated rings. The number of hydrogen-bond donors (Lipinski definition) is 2. The molecule has 2 N–H and O–H groups in total. The van der Waals surface area contributed by atoms with Gasteiger partial charge < -0.3 is 15.2 Å². The fraction of sp³-hybridized carbons (Fsp3) is 0.400. The van der Waals surface area contributed by atoms with Crippen molar-refractivity contribution in [1.82, 2.24) is 4.98 Å². The number of carboxylic acid groups (broad SMARTS) is 1. The summed E-state index contributed by atoms with van der Waals surface area (Å²) in [5.74, 6) is -0.407. The molecule has 0 saturated heterocycles. The topological polar surface area (TPSA) is 71.5 Å². The van der Waals surface area contributed by atoms with E-state index in [9.17, 15) is 18.0 Å². The number of carboxylic acids is 1. The lowest BCUT2D eigenvalue weighted by molar-refractivity contribution is -0.138. The number of nitrogens with zero attached hydrogens (tertiary/aromatic N) is 1. The van der Waals surface area contributed by atoms with Crippen LogP contribution in [0.15, 0.2) is 30.3 Å². The fourth-order valence-corrected chi connectivity index (χ4v) is 3.61. The van der Waals surface area contributed by atoms with Gasteiger partial charge in [0.05, 0.1) is 18.6 Å². The number of benzene rings is 1. The van der Waals surface area contributed by atoms with Crippen LogP contribution < -0.4 is 10.1 Å². The number of anilines is 1. The number of pyridine rings is 1. The Morgan fingerprint density at radius 3 is 2.83 bits per heavy atom. The van der Waals surface area contributed by atoms with E-state index in [1.54, 1.807) is 6.07 Å². The van der Waals surface area contributed by atoms with Crippen LogP contribution in [-0.4, -0.2) is 29.2 Å². The van der Waals surface area contributed by atoms with Crippen molar-refractivity contribution in [3.8, 4) is 5.75 Å². The van der Waals surface area contributed by atoms with Crippen molar-refractivity contribution in [3.05, 3.63) is 52.2 Å². The number of rotatable bonds is 8. The van der Waals surface area contributed by atoms with Crippen molar-refractivity contribution < 1.29 is 27.8 Å². The number of fused-ring (bicyclic) bond motifs is 1. The van der Waals surface area contributed by atoms with E-state index in [-0.39, 0.29) is 29.9 Å². The van der Waals surface area contributed by atoms with Gasteiger partial charge in [-0.25, -0.2) is 4.98 Å². The maximum absolute atomic E-state index is 13.0. The Morgan fingerprint density at radius 2 is 2.10 bits per heavy atom. The third kappa shape index (κ3) is 5.53. The lowest BCUT2D eigenvalue weighted by Gasteiger charge is -2.14. The SMILES string of the molecule is O=C(O)C[C@@H]1CCc2cc(OCCCNc3nc(Cl)ccc3C(F)(F)F)ccc21. The molecule has 29 heavy (non-hydrogen) atoms. The number of carbonyl (C=O) groups is 1. The molecule has 0 unspecified atom stereocenters. The number of aliphatic carboxylic acids is 1. The van der Waals surface area contributed by atoms with Crippen molar-refractivity contribution in [2.24, 2.45) is 0 Å². The average molecular weight is 429 g/mol. The summed E-state index contributed by atoms with van der Waals surface area (Å²) in [7, 11) is 0. The van der Waals surface area contributed by atoms with Crippen LogP contribution in [0.3, 0.4) is 0 Å². The van der Waals surface area contributed by atoms with Gasteiger partial charge in [-0.3, -0.25) is 4.79 Å². The molecule has 1 atom stereocenters. The summed E-state index contributed by atoms with van der Waals surface area (Å²) in [6.07, 6.45) is -2.31. The van der Waals surface area contributed by atoms with Crippen molar-refractivity contribution >= 4 is 23.4 Å². The van der Waals surface area contributed by atoms with Crippen LogP contribution in [0.2, 0.25) is 5.15 Å². The highest BCUT2D eigenvalue weighted by atomic mass is 35.5. The minimum absolute atomic E-state index is 0.0175. The molecule has 1 heterocycles. The summed E-state index contributed by atoms with van der Waals surface area (Å²) in [6, 6.07) is 7.61. The standard InChI is InChI=1S/C20H20ClF3N2O3/c21-17-7-6-16(20(22,23)24)19(26-17)25-8-1-9-29-14-4-5-15-12(10-14)2-3-13(15)11-18(27)28/h4-7,10,13H,1-3,8-9,11H2,(H,25,26)(H,27,28)/t13-/m0/s1. The maximum atomic E-state index is 13.0. The van der Waals surface area contributed by atoms with Gasteiger partial charge in [0.1, 0.15) is 16.7 Å². The molecule has 0 saturated carbocycles. The predicted molar refractivity (Wildman–Crippen MR) is 103 cm³/mol. The Labute approximate surface area is 170 Å². The van der Waals surface area contributed by atoms with Gasteiger partial charge in [-0.2, -0.15) is 13.2 Å². The Hall–Kier alpha value is -2.48. The van der Waals surface area contributed by atoms with E-state index in [0.717, 1.165) is 36.1 Å². The first-order chi connectivity index (χ1) is 13.7. The number of nitrogens with one attached hydrogen (secondary N) is 1. The first kappa shape index (κ1) is 21.2. The molecule has 3 rings (SSSR count). The summed E-state index contributed by atoms with van der Waals surface area (Å²) < 4.78 is 44.7. The molecule has 156 valence electrons. The lowest BCUT2D eigenvalue weighted by atomic mass is 9.98. The summed E-state index contributed by atoms with van der Waals surface area (Å²) >= 11 is 5.70. The van der Waals surface area contributed by atoms with Crippen LogP contribution in [0.1, 0.15) is 41.9 Å². The smallest absolute Gasteiger partial charge is 0.419 e. The van der Waals surface area contributed by atoms with Gasteiger partial charge in [-0.1, -0.05) is 17.7 Å². The first-order valence-electron chi connectivity index (χ1n) is 9.19. The van der Waals surface area contributed by atoms with E-state index in [1.807, 2.05) is 12.1 Å². The van der Waals surface area contributed by atoms with Crippen LogP contribution in [0, 0.1) is 0 Å². The van der Waals surface area contributed by atoms with Gasteiger partial charge in [0.2, 0.25) is 0 Å². The Morgan fingerprint density at radius 1 is 1.31 bits per heavy atom. The molecule has 1 aromatic carbocycles. The van der Waals surface area contributed by atoms with Gasteiger partial charge >= 0.3 is 12.1 Å². The molecule has 1 aliphatic rings. The molecule has 1 aliphatic carbocycles. The molecule has 9 heteroatoms. The largest absolute Gasteiger partial charge is 0.494 e. The zero-order valence-corrected chi connectivity index (χ0v) is 16.2. The zero-order valence-electron chi connectivity index (χ0n) is 15.4. The number of hydrogen-bond acceptors (Lipinski definition) is 4. The van der Waals surface area contributed by atoms with Crippen molar-refractivity contribution in [1.29, 1.82) is 0 Å². The number of ether oxygens (including phenoxy) is 1. The quantitative estimate of drug-likeness (QED) is 0.450. The number of halogens is 4. The number of aromatic nitrogens is 1. The summed E-state index contributed by atoms with van der Waals surface area (Å²) in [6.45, 7) is 0.550. The third-order valence-corrected chi connectivity index (χ3v) is 5.00. The maximum Gasteiger partial charge on any atom is 0.419 e. The second-order valence-electron chi connectivity index (χ2n) is 6.85. The van der Waals surface area contributed by atoms with Crippen molar-refractivity contribution in [2.75, 3.05) is 18.5 Å². The highest BCUT2D eigenvalue weighted by Crippen LogP contribution is 2.37. The van der Waals surface area contributed by atoms with Crippen LogP contribution in [0.5, 0.6) is 5.75 Å². The van der Waals surface area contributed by atoms with Crippen LogP contribution in [0.4, 0.5) is 19.0 Å². The second-order valence-corrected chi connectivity index (χ2v) is 7.24. The Balaban J connectivity index is 1.50. The van der Waals surface area contributed by atoms with E-state index in [1.165, 1.54) is 0 Å². The first-order valence-corrected chi connectivity index (χ1v) is 9.57.